The zero-order valence-corrected chi connectivity index (χ0v) is 16.9. The van der Waals surface area contributed by atoms with Crippen LogP contribution >= 0.6 is 11.6 Å². The molecule has 3 heterocycles. The molecule has 0 bridgehead atoms. The number of benzene rings is 1. The van der Waals surface area contributed by atoms with E-state index in [1.807, 2.05) is 0 Å². The largest absolute Gasteiger partial charge is 0.497 e. The van der Waals surface area contributed by atoms with Gasteiger partial charge in [0.2, 0.25) is 5.95 Å². The lowest BCUT2D eigenvalue weighted by molar-refractivity contribution is 0.0903. The van der Waals surface area contributed by atoms with Crippen molar-refractivity contribution >= 4 is 28.6 Å². The number of nitrogens with zero attached hydrogens (tertiary/aromatic N) is 2. The third kappa shape index (κ3) is 3.99. The van der Waals surface area contributed by atoms with E-state index in [9.17, 15) is 4.79 Å². The Kier molecular flexibility index (Phi) is 5.55. The van der Waals surface area contributed by atoms with E-state index >= 15 is 0 Å². The average molecular weight is 417 g/mol. The molecule has 3 aromatic rings. The summed E-state index contributed by atoms with van der Waals surface area (Å²) in [5, 5.41) is 4.32. The number of fused-ring (bicyclic) bond motifs is 1. The summed E-state index contributed by atoms with van der Waals surface area (Å²) in [6.45, 7) is 1.44. The summed E-state index contributed by atoms with van der Waals surface area (Å²) in [6.07, 6.45) is 3.47. The van der Waals surface area contributed by atoms with E-state index in [-0.39, 0.29) is 11.6 Å². The van der Waals surface area contributed by atoms with E-state index in [0.29, 0.717) is 44.6 Å². The maximum atomic E-state index is 12.8. The van der Waals surface area contributed by atoms with Crippen LogP contribution in [-0.4, -0.2) is 48.4 Å². The molecule has 0 radical (unpaired) electrons. The second-order valence-corrected chi connectivity index (χ2v) is 7.11. The smallest absolute Gasteiger partial charge is 0.257 e. The Labute approximate surface area is 172 Å². The van der Waals surface area contributed by atoms with Gasteiger partial charge in [-0.05, 0) is 25.0 Å². The van der Waals surface area contributed by atoms with Crippen LogP contribution < -0.4 is 20.3 Å². The molecular weight excluding hydrogens is 396 g/mol. The fraction of sp³-hybridized carbons (Fsp3) is 0.350. The second kappa shape index (κ2) is 8.26. The standard InChI is InChI=1S/C20H21ClN4O4/c1-27-13-8-14(17(21)16(9-13)28-2)15-7-11-10-22-20(25-18(11)24-19(15)26)23-12-3-5-29-6-4-12/h7-10,12H,3-6H2,1-2H3,(H2,22,23,24,25,26). The number of halogens is 1. The Hall–Kier alpha value is -2.84. The average Bonchev–Trinajstić information content (AvgIpc) is 2.74. The van der Waals surface area contributed by atoms with Crippen LogP contribution in [0.3, 0.4) is 0 Å². The van der Waals surface area contributed by atoms with Crippen LogP contribution in [0, 0.1) is 0 Å². The molecular formula is C20H21ClN4O4. The van der Waals surface area contributed by atoms with Crippen molar-refractivity contribution in [3.63, 3.8) is 0 Å². The van der Waals surface area contributed by atoms with Gasteiger partial charge in [-0.3, -0.25) is 4.79 Å². The number of hydrogen-bond acceptors (Lipinski definition) is 7. The SMILES string of the molecule is COc1cc(OC)c(Cl)c(-c2cc3cnc(NC4CCOCC4)nc3[nH]c2=O)c1. The fourth-order valence-electron chi connectivity index (χ4n) is 3.32. The molecule has 1 fully saturated rings. The van der Waals surface area contributed by atoms with Crippen molar-refractivity contribution in [1.82, 2.24) is 15.0 Å². The van der Waals surface area contributed by atoms with Crippen LogP contribution in [0.25, 0.3) is 22.2 Å². The number of methoxy groups -OCH3 is 2. The van der Waals surface area contributed by atoms with Crippen molar-refractivity contribution in [2.75, 3.05) is 32.8 Å². The Balaban J connectivity index is 1.73. The normalized spacial score (nSPS) is 14.7. The van der Waals surface area contributed by atoms with E-state index in [0.717, 1.165) is 26.1 Å². The van der Waals surface area contributed by atoms with Crippen molar-refractivity contribution in [2.45, 2.75) is 18.9 Å². The third-order valence-corrected chi connectivity index (χ3v) is 5.30. The first kappa shape index (κ1) is 19.5. The summed E-state index contributed by atoms with van der Waals surface area (Å²) >= 11 is 6.44. The Morgan fingerprint density at radius 2 is 1.97 bits per heavy atom. The molecule has 29 heavy (non-hydrogen) atoms. The molecule has 0 spiro atoms. The topological polar surface area (TPSA) is 98.4 Å². The predicted octanol–water partition coefficient (Wildman–Crippen LogP) is 3.25. The molecule has 1 aliphatic heterocycles. The molecule has 8 nitrogen and oxygen atoms in total. The number of ether oxygens (including phenoxy) is 3. The highest BCUT2D eigenvalue weighted by atomic mass is 35.5. The summed E-state index contributed by atoms with van der Waals surface area (Å²) in [7, 11) is 3.05. The van der Waals surface area contributed by atoms with Crippen molar-refractivity contribution in [1.29, 1.82) is 0 Å². The van der Waals surface area contributed by atoms with Gasteiger partial charge in [-0.15, -0.1) is 0 Å². The highest BCUT2D eigenvalue weighted by molar-refractivity contribution is 6.35. The lowest BCUT2D eigenvalue weighted by Crippen LogP contribution is -2.28. The molecule has 4 rings (SSSR count). The first-order valence-electron chi connectivity index (χ1n) is 9.25. The molecule has 9 heteroatoms. The second-order valence-electron chi connectivity index (χ2n) is 6.73. The molecule has 152 valence electrons. The van der Waals surface area contributed by atoms with Crippen LogP contribution in [-0.2, 0) is 4.74 Å². The molecule has 0 atom stereocenters. The van der Waals surface area contributed by atoms with Crippen LogP contribution in [0.4, 0.5) is 5.95 Å². The molecule has 1 aliphatic rings. The maximum Gasteiger partial charge on any atom is 0.257 e. The monoisotopic (exact) mass is 416 g/mol. The fourth-order valence-corrected chi connectivity index (χ4v) is 3.61. The first-order valence-corrected chi connectivity index (χ1v) is 9.63. The van der Waals surface area contributed by atoms with Gasteiger partial charge < -0.3 is 24.5 Å². The zero-order chi connectivity index (χ0) is 20.4. The first-order chi connectivity index (χ1) is 14.1. The number of pyridine rings is 1. The van der Waals surface area contributed by atoms with Gasteiger partial charge in [0.25, 0.3) is 5.56 Å². The maximum absolute atomic E-state index is 12.8. The molecule has 1 aromatic carbocycles. The van der Waals surface area contributed by atoms with Crippen LogP contribution in [0.15, 0.2) is 29.2 Å². The van der Waals surface area contributed by atoms with Crippen LogP contribution in [0.5, 0.6) is 11.5 Å². The summed E-state index contributed by atoms with van der Waals surface area (Å²) in [5.74, 6) is 1.44. The molecule has 1 saturated heterocycles. The van der Waals surface area contributed by atoms with Crippen LogP contribution in [0.1, 0.15) is 12.8 Å². The van der Waals surface area contributed by atoms with Crippen molar-refractivity contribution < 1.29 is 14.2 Å². The molecule has 2 aromatic heterocycles. The minimum atomic E-state index is -0.314. The third-order valence-electron chi connectivity index (χ3n) is 4.91. The molecule has 0 amide bonds. The number of nitrogens with one attached hydrogen (secondary N) is 2. The Morgan fingerprint density at radius 3 is 2.69 bits per heavy atom. The van der Waals surface area contributed by atoms with Crippen LogP contribution in [0.2, 0.25) is 5.02 Å². The van der Waals surface area contributed by atoms with Gasteiger partial charge in [0, 0.05) is 48.0 Å². The molecule has 0 unspecified atom stereocenters. The molecule has 0 aliphatic carbocycles. The van der Waals surface area contributed by atoms with Gasteiger partial charge in [-0.1, -0.05) is 11.6 Å². The highest BCUT2D eigenvalue weighted by Gasteiger charge is 2.17. The summed E-state index contributed by atoms with van der Waals surface area (Å²) in [4.78, 5) is 24.5. The van der Waals surface area contributed by atoms with Crippen molar-refractivity contribution in [3.05, 3.63) is 39.8 Å². The Morgan fingerprint density at radius 1 is 1.17 bits per heavy atom. The summed E-state index contributed by atoms with van der Waals surface area (Å²) in [6, 6.07) is 5.34. The van der Waals surface area contributed by atoms with Gasteiger partial charge in [-0.2, -0.15) is 4.98 Å². The zero-order valence-electron chi connectivity index (χ0n) is 16.1. The highest BCUT2D eigenvalue weighted by Crippen LogP contribution is 2.38. The van der Waals surface area contributed by atoms with Gasteiger partial charge in [-0.25, -0.2) is 4.98 Å². The predicted molar refractivity (Wildman–Crippen MR) is 111 cm³/mol. The van der Waals surface area contributed by atoms with Crippen molar-refractivity contribution in [2.24, 2.45) is 0 Å². The van der Waals surface area contributed by atoms with Crippen molar-refractivity contribution in [3.8, 4) is 22.6 Å². The molecule has 0 saturated carbocycles. The Bertz CT molecular complexity index is 1100. The van der Waals surface area contributed by atoms with E-state index in [1.54, 1.807) is 24.4 Å². The summed E-state index contributed by atoms with van der Waals surface area (Å²) in [5.41, 5.74) is 1.03. The van der Waals surface area contributed by atoms with E-state index in [4.69, 9.17) is 25.8 Å². The van der Waals surface area contributed by atoms with E-state index < -0.39 is 0 Å². The lowest BCUT2D eigenvalue weighted by atomic mass is 10.1. The number of anilines is 1. The quantitative estimate of drug-likeness (QED) is 0.658. The van der Waals surface area contributed by atoms with E-state index in [1.165, 1.54) is 14.2 Å². The van der Waals surface area contributed by atoms with E-state index in [2.05, 4.69) is 20.3 Å². The van der Waals surface area contributed by atoms with Gasteiger partial charge >= 0.3 is 0 Å². The number of aromatic nitrogens is 3. The van der Waals surface area contributed by atoms with Gasteiger partial charge in [0.1, 0.15) is 17.1 Å². The van der Waals surface area contributed by atoms with Gasteiger partial charge in [0.15, 0.2) is 0 Å². The van der Waals surface area contributed by atoms with Gasteiger partial charge in [0.05, 0.1) is 19.2 Å². The number of aromatic amines is 1. The lowest BCUT2D eigenvalue weighted by Gasteiger charge is -2.23. The molecule has 2 N–H and O–H groups in total. The summed E-state index contributed by atoms with van der Waals surface area (Å²) < 4.78 is 16.0. The minimum Gasteiger partial charge on any atom is -0.497 e. The number of rotatable bonds is 5. The number of H-pyrrole nitrogens is 1. The number of hydrogen-bond donors (Lipinski definition) is 2. The minimum absolute atomic E-state index is 0.259.